The van der Waals surface area contributed by atoms with Crippen LogP contribution in [0.1, 0.15) is 19.3 Å². The summed E-state index contributed by atoms with van der Waals surface area (Å²) >= 11 is 0. The van der Waals surface area contributed by atoms with E-state index in [1.807, 2.05) is 29.2 Å². The molecule has 0 saturated carbocycles. The molecule has 5 heterocycles. The van der Waals surface area contributed by atoms with E-state index in [2.05, 4.69) is 37.1 Å². The van der Waals surface area contributed by atoms with E-state index >= 15 is 0 Å². The second-order valence-electron chi connectivity index (χ2n) is 6.59. The maximum absolute atomic E-state index is 8.36. The van der Waals surface area contributed by atoms with Crippen LogP contribution >= 0.6 is 0 Å². The molecule has 0 atom stereocenters. The van der Waals surface area contributed by atoms with Crippen molar-refractivity contribution < 1.29 is 9.90 Å². The molecule has 1 saturated heterocycles. The molecule has 5 rings (SSSR count). The Morgan fingerprint density at radius 2 is 1.79 bits per heavy atom. The Labute approximate surface area is 167 Å². The average molecular weight is 391 g/mol. The fourth-order valence-electron chi connectivity index (χ4n) is 3.53. The summed E-state index contributed by atoms with van der Waals surface area (Å²) in [7, 11) is 0. The molecule has 0 aromatic carbocycles. The van der Waals surface area contributed by atoms with Gasteiger partial charge in [0.25, 0.3) is 6.47 Å². The first-order chi connectivity index (χ1) is 14.3. The number of piperidine rings is 1. The molecule has 1 fully saturated rings. The number of hydrogen-bond acceptors (Lipinski definition) is 6. The summed E-state index contributed by atoms with van der Waals surface area (Å²) in [5.41, 5.74) is 2.67. The zero-order valence-corrected chi connectivity index (χ0v) is 15.8. The number of imidazole rings is 1. The van der Waals surface area contributed by atoms with Crippen LogP contribution in [0.3, 0.4) is 0 Å². The third kappa shape index (κ3) is 3.79. The Morgan fingerprint density at radius 1 is 0.966 bits per heavy atom. The molecule has 0 spiro atoms. The van der Waals surface area contributed by atoms with Crippen LogP contribution in [0.25, 0.3) is 22.7 Å². The van der Waals surface area contributed by atoms with Crippen LogP contribution in [0.5, 0.6) is 0 Å². The number of carbonyl (C=O) groups is 1. The average Bonchev–Trinajstić information content (AvgIpc) is 3.42. The summed E-state index contributed by atoms with van der Waals surface area (Å²) < 4.78 is 3.78. The largest absolute Gasteiger partial charge is 0.483 e. The van der Waals surface area contributed by atoms with Crippen LogP contribution in [0, 0.1) is 0 Å². The monoisotopic (exact) mass is 391 g/mol. The molecule has 148 valence electrons. The van der Waals surface area contributed by atoms with Crippen molar-refractivity contribution in [2.45, 2.75) is 19.3 Å². The Hall–Kier alpha value is -3.75. The molecule has 4 aromatic heterocycles. The summed E-state index contributed by atoms with van der Waals surface area (Å²) in [5, 5.41) is 11.3. The van der Waals surface area contributed by atoms with E-state index in [0.717, 1.165) is 41.6 Å². The highest BCUT2D eigenvalue weighted by molar-refractivity contribution is 5.73. The van der Waals surface area contributed by atoms with Crippen LogP contribution in [0.15, 0.2) is 55.4 Å². The van der Waals surface area contributed by atoms with Gasteiger partial charge in [-0.15, -0.1) is 0 Å². The van der Waals surface area contributed by atoms with Gasteiger partial charge in [-0.2, -0.15) is 5.10 Å². The Balaban J connectivity index is 0.000000645. The first-order valence-electron chi connectivity index (χ1n) is 9.43. The fourth-order valence-corrected chi connectivity index (χ4v) is 3.53. The molecule has 9 nitrogen and oxygen atoms in total. The number of fused-ring (bicyclic) bond motifs is 1. The van der Waals surface area contributed by atoms with E-state index in [4.69, 9.17) is 9.90 Å². The van der Waals surface area contributed by atoms with Gasteiger partial charge in [0.1, 0.15) is 11.6 Å². The predicted octanol–water partition coefficient (Wildman–Crippen LogP) is 2.67. The number of pyridine rings is 1. The molecule has 0 aliphatic carbocycles. The van der Waals surface area contributed by atoms with Crippen molar-refractivity contribution in [2.75, 3.05) is 18.0 Å². The standard InChI is InChI=1S/C19H19N7.CH2O2/c1-2-9-24(10-3-1)17-6-5-15(13-22-17)25-12-8-21-18(25)16-14-23-26-11-4-7-20-19(16)26;2-1-3/h4-8,11-14H,1-3,9-10H2;1H,(H,2,3). The molecule has 1 aliphatic rings. The van der Waals surface area contributed by atoms with Gasteiger partial charge < -0.3 is 10.0 Å². The molecular formula is C20H21N7O2. The van der Waals surface area contributed by atoms with Gasteiger partial charge >= 0.3 is 0 Å². The van der Waals surface area contributed by atoms with Gasteiger partial charge in [0.05, 0.1) is 23.6 Å². The SMILES string of the molecule is O=CO.c1cnc2c(-c3nccn3-c3ccc(N4CCCCC4)nc3)cnn2c1. The van der Waals surface area contributed by atoms with Gasteiger partial charge in [-0.3, -0.25) is 9.36 Å². The topological polar surface area (TPSA) is 101 Å². The second-order valence-corrected chi connectivity index (χ2v) is 6.59. The summed E-state index contributed by atoms with van der Waals surface area (Å²) in [5.74, 6) is 1.86. The lowest BCUT2D eigenvalue weighted by Crippen LogP contribution is -2.30. The summed E-state index contributed by atoms with van der Waals surface area (Å²) in [4.78, 5) is 24.4. The van der Waals surface area contributed by atoms with E-state index in [1.54, 1.807) is 23.1 Å². The minimum atomic E-state index is -0.250. The lowest BCUT2D eigenvalue weighted by molar-refractivity contribution is -0.122. The van der Waals surface area contributed by atoms with E-state index in [1.165, 1.54) is 19.3 Å². The Morgan fingerprint density at radius 3 is 2.55 bits per heavy atom. The van der Waals surface area contributed by atoms with Crippen LogP contribution < -0.4 is 4.90 Å². The zero-order chi connectivity index (χ0) is 20.1. The quantitative estimate of drug-likeness (QED) is 0.536. The summed E-state index contributed by atoms with van der Waals surface area (Å²) in [6.45, 7) is 1.94. The van der Waals surface area contributed by atoms with E-state index < -0.39 is 0 Å². The number of nitrogens with zero attached hydrogens (tertiary/aromatic N) is 7. The minimum Gasteiger partial charge on any atom is -0.483 e. The Bertz CT molecular complexity index is 1080. The summed E-state index contributed by atoms with van der Waals surface area (Å²) in [6.07, 6.45) is 14.9. The van der Waals surface area contributed by atoms with Crippen LogP contribution in [0.2, 0.25) is 0 Å². The molecule has 1 N–H and O–H groups in total. The molecule has 0 unspecified atom stereocenters. The molecule has 29 heavy (non-hydrogen) atoms. The van der Waals surface area contributed by atoms with Crippen molar-refractivity contribution in [3.63, 3.8) is 0 Å². The highest BCUT2D eigenvalue weighted by Crippen LogP contribution is 2.25. The molecular weight excluding hydrogens is 370 g/mol. The highest BCUT2D eigenvalue weighted by Gasteiger charge is 2.15. The number of hydrogen-bond donors (Lipinski definition) is 1. The number of carboxylic acid groups (broad SMARTS) is 1. The molecule has 0 bridgehead atoms. The van der Waals surface area contributed by atoms with Gasteiger partial charge in [0.2, 0.25) is 0 Å². The summed E-state index contributed by atoms with van der Waals surface area (Å²) in [6, 6.07) is 6.06. The third-order valence-corrected chi connectivity index (χ3v) is 4.85. The van der Waals surface area contributed by atoms with Crippen molar-refractivity contribution >= 4 is 17.9 Å². The van der Waals surface area contributed by atoms with Crippen LogP contribution in [-0.2, 0) is 4.79 Å². The van der Waals surface area contributed by atoms with Crippen molar-refractivity contribution in [2.24, 2.45) is 0 Å². The van der Waals surface area contributed by atoms with Crippen molar-refractivity contribution in [3.05, 3.63) is 55.4 Å². The van der Waals surface area contributed by atoms with Crippen molar-refractivity contribution in [3.8, 4) is 17.1 Å². The number of aromatic nitrogens is 6. The van der Waals surface area contributed by atoms with Gasteiger partial charge in [0.15, 0.2) is 5.65 Å². The van der Waals surface area contributed by atoms with Gasteiger partial charge in [-0.05, 0) is 37.5 Å². The smallest absolute Gasteiger partial charge is 0.290 e. The van der Waals surface area contributed by atoms with E-state index in [-0.39, 0.29) is 6.47 Å². The number of rotatable bonds is 3. The highest BCUT2D eigenvalue weighted by atomic mass is 16.3. The predicted molar refractivity (Wildman–Crippen MR) is 108 cm³/mol. The number of anilines is 1. The maximum Gasteiger partial charge on any atom is 0.290 e. The second kappa shape index (κ2) is 8.51. The van der Waals surface area contributed by atoms with Crippen LogP contribution in [-0.4, -0.2) is 53.8 Å². The lowest BCUT2D eigenvalue weighted by Gasteiger charge is -2.27. The normalized spacial score (nSPS) is 13.7. The molecule has 9 heteroatoms. The molecule has 0 radical (unpaired) electrons. The molecule has 0 amide bonds. The van der Waals surface area contributed by atoms with Crippen molar-refractivity contribution in [1.29, 1.82) is 0 Å². The third-order valence-electron chi connectivity index (χ3n) is 4.85. The van der Waals surface area contributed by atoms with Crippen LogP contribution in [0.4, 0.5) is 5.82 Å². The molecule has 4 aromatic rings. The molecule has 1 aliphatic heterocycles. The van der Waals surface area contributed by atoms with E-state index in [9.17, 15) is 0 Å². The van der Waals surface area contributed by atoms with Gasteiger partial charge in [-0.1, -0.05) is 0 Å². The van der Waals surface area contributed by atoms with Gasteiger partial charge in [0, 0.05) is 37.9 Å². The van der Waals surface area contributed by atoms with E-state index in [0.29, 0.717) is 0 Å². The zero-order valence-electron chi connectivity index (χ0n) is 15.8. The maximum atomic E-state index is 8.36. The Kier molecular flexibility index (Phi) is 5.46. The first-order valence-corrected chi connectivity index (χ1v) is 9.43. The fraction of sp³-hybridized carbons (Fsp3) is 0.250. The first kappa shape index (κ1) is 18.6. The minimum absolute atomic E-state index is 0.250. The van der Waals surface area contributed by atoms with Gasteiger partial charge in [-0.25, -0.2) is 19.5 Å². The lowest BCUT2D eigenvalue weighted by atomic mass is 10.1. The van der Waals surface area contributed by atoms with Crippen molar-refractivity contribution in [1.82, 2.24) is 29.1 Å².